The molecule has 0 spiro atoms. The van der Waals surface area contributed by atoms with Crippen molar-refractivity contribution in [3.63, 3.8) is 0 Å². The van der Waals surface area contributed by atoms with Crippen molar-refractivity contribution in [3.05, 3.63) is 42.4 Å². The molecule has 0 aliphatic carbocycles. The van der Waals surface area contributed by atoms with E-state index in [1.165, 1.54) is 6.39 Å². The summed E-state index contributed by atoms with van der Waals surface area (Å²) >= 11 is 0. The van der Waals surface area contributed by atoms with Gasteiger partial charge in [-0.15, -0.1) is 24.0 Å². The molecule has 0 saturated carbocycles. The van der Waals surface area contributed by atoms with E-state index in [4.69, 9.17) is 4.42 Å². The molecule has 0 fully saturated rings. The van der Waals surface area contributed by atoms with Crippen molar-refractivity contribution < 1.29 is 4.42 Å². The van der Waals surface area contributed by atoms with Crippen LogP contribution in [0.25, 0.3) is 11.3 Å². The van der Waals surface area contributed by atoms with Gasteiger partial charge in [-0.1, -0.05) is 30.3 Å². The molecule has 2 aromatic rings. The predicted octanol–water partition coefficient (Wildman–Crippen LogP) is 2.40. The van der Waals surface area contributed by atoms with Crippen LogP contribution in [0.4, 0.5) is 0 Å². The third-order valence-electron chi connectivity index (χ3n) is 3.01. The van der Waals surface area contributed by atoms with Gasteiger partial charge >= 0.3 is 0 Å². The first-order chi connectivity index (χ1) is 9.33. The Balaban J connectivity index is 0.00000147. The summed E-state index contributed by atoms with van der Waals surface area (Å²) in [4.78, 5) is 8.62. The lowest BCUT2D eigenvalue weighted by molar-refractivity contribution is 0.570. The fraction of sp³-hybridized carbons (Fsp3) is 0.286. The lowest BCUT2D eigenvalue weighted by atomic mass is 10.1. The van der Waals surface area contributed by atoms with E-state index in [-0.39, 0.29) is 24.0 Å². The highest BCUT2D eigenvalue weighted by Crippen LogP contribution is 2.22. The number of benzene rings is 1. The van der Waals surface area contributed by atoms with E-state index in [0.29, 0.717) is 12.6 Å². The summed E-state index contributed by atoms with van der Waals surface area (Å²) in [6.45, 7) is 3.51. The summed E-state index contributed by atoms with van der Waals surface area (Å²) < 4.78 is 5.48. The van der Waals surface area contributed by atoms with Gasteiger partial charge in [0.05, 0.1) is 13.1 Å². The van der Waals surface area contributed by atoms with Crippen molar-refractivity contribution in [2.24, 2.45) is 4.99 Å². The number of aromatic nitrogens is 1. The summed E-state index contributed by atoms with van der Waals surface area (Å²) in [6, 6.07) is 10.4. The zero-order valence-corrected chi connectivity index (χ0v) is 13.5. The predicted molar refractivity (Wildman–Crippen MR) is 89.1 cm³/mol. The zero-order chi connectivity index (χ0) is 13.1. The maximum atomic E-state index is 5.48. The van der Waals surface area contributed by atoms with E-state index < -0.39 is 0 Å². The minimum atomic E-state index is 0. The molecule has 0 amide bonds. The van der Waals surface area contributed by atoms with E-state index in [0.717, 1.165) is 29.5 Å². The van der Waals surface area contributed by atoms with Gasteiger partial charge in [0.1, 0.15) is 5.69 Å². The lowest BCUT2D eigenvalue weighted by Gasteiger charge is -2.08. The largest absolute Gasteiger partial charge is 0.443 e. The van der Waals surface area contributed by atoms with E-state index in [9.17, 15) is 0 Å². The molecule has 0 saturated heterocycles. The SMILES string of the molecule is CC1CN=C(NCc2ncoc2-c2ccccc2)N1.I. The van der Waals surface area contributed by atoms with E-state index in [1.54, 1.807) is 0 Å². The number of halogens is 1. The minimum Gasteiger partial charge on any atom is -0.443 e. The third kappa shape index (κ3) is 3.30. The fourth-order valence-electron chi connectivity index (χ4n) is 2.05. The Kier molecular flexibility index (Phi) is 4.99. The number of nitrogens with zero attached hydrogens (tertiary/aromatic N) is 2. The normalized spacial score (nSPS) is 17.1. The molecule has 20 heavy (non-hydrogen) atoms. The van der Waals surface area contributed by atoms with Gasteiger partial charge < -0.3 is 15.1 Å². The highest BCUT2D eigenvalue weighted by molar-refractivity contribution is 14.0. The summed E-state index contributed by atoms with van der Waals surface area (Å²) in [5, 5.41) is 6.50. The Morgan fingerprint density at radius 3 is 2.85 bits per heavy atom. The molecule has 6 heteroatoms. The van der Waals surface area contributed by atoms with Crippen LogP contribution in [-0.2, 0) is 6.54 Å². The number of nitrogens with one attached hydrogen (secondary N) is 2. The van der Waals surface area contributed by atoms with Crippen molar-refractivity contribution >= 4 is 29.9 Å². The molecule has 2 heterocycles. The first-order valence-electron chi connectivity index (χ1n) is 6.35. The molecule has 5 nitrogen and oxygen atoms in total. The van der Waals surface area contributed by atoms with Gasteiger partial charge in [0.15, 0.2) is 18.1 Å². The maximum absolute atomic E-state index is 5.48. The molecule has 1 aliphatic heterocycles. The van der Waals surface area contributed by atoms with Gasteiger partial charge in [0, 0.05) is 11.6 Å². The van der Waals surface area contributed by atoms with Crippen LogP contribution >= 0.6 is 24.0 Å². The second kappa shape index (κ2) is 6.74. The maximum Gasteiger partial charge on any atom is 0.191 e. The van der Waals surface area contributed by atoms with Gasteiger partial charge in [-0.05, 0) is 6.92 Å². The highest BCUT2D eigenvalue weighted by Gasteiger charge is 2.14. The number of hydrogen-bond acceptors (Lipinski definition) is 5. The van der Waals surface area contributed by atoms with Crippen LogP contribution in [0.5, 0.6) is 0 Å². The Bertz CT molecular complexity index is 582. The topological polar surface area (TPSA) is 62.5 Å². The van der Waals surface area contributed by atoms with Crippen LogP contribution < -0.4 is 10.6 Å². The molecule has 0 radical (unpaired) electrons. The highest BCUT2D eigenvalue weighted by atomic mass is 127. The van der Waals surface area contributed by atoms with Crippen molar-refractivity contribution in [1.82, 2.24) is 15.6 Å². The van der Waals surface area contributed by atoms with Crippen LogP contribution in [0.15, 0.2) is 46.1 Å². The Morgan fingerprint density at radius 1 is 1.35 bits per heavy atom. The summed E-state index contributed by atoms with van der Waals surface area (Å²) in [7, 11) is 0. The van der Waals surface area contributed by atoms with Gasteiger partial charge in [0.25, 0.3) is 0 Å². The van der Waals surface area contributed by atoms with Crippen LogP contribution in [0, 0.1) is 0 Å². The molecule has 1 atom stereocenters. The summed E-state index contributed by atoms with van der Waals surface area (Å²) in [5.41, 5.74) is 1.92. The lowest BCUT2D eigenvalue weighted by Crippen LogP contribution is -2.37. The molecule has 1 aromatic carbocycles. The molecule has 1 unspecified atom stereocenters. The number of rotatable bonds is 3. The second-order valence-corrected chi connectivity index (χ2v) is 4.58. The molecule has 3 rings (SSSR count). The molecular formula is C14H17IN4O. The van der Waals surface area contributed by atoms with Crippen LogP contribution in [0.1, 0.15) is 12.6 Å². The van der Waals surface area contributed by atoms with E-state index in [1.807, 2.05) is 30.3 Å². The standard InChI is InChI=1S/C14H16N4O.HI/c1-10-7-15-14(18-10)16-8-12-13(19-9-17-12)11-5-3-2-4-6-11;/h2-6,9-10H,7-8H2,1H3,(H2,15,16,18);1H. The second-order valence-electron chi connectivity index (χ2n) is 4.58. The zero-order valence-electron chi connectivity index (χ0n) is 11.2. The quantitative estimate of drug-likeness (QED) is 0.798. The number of hydrogen-bond donors (Lipinski definition) is 2. The van der Waals surface area contributed by atoms with Crippen LogP contribution in [0.2, 0.25) is 0 Å². The average molecular weight is 384 g/mol. The third-order valence-corrected chi connectivity index (χ3v) is 3.01. The average Bonchev–Trinajstić information content (AvgIpc) is 3.06. The van der Waals surface area contributed by atoms with Crippen LogP contribution in [0.3, 0.4) is 0 Å². The smallest absolute Gasteiger partial charge is 0.191 e. The monoisotopic (exact) mass is 384 g/mol. The summed E-state index contributed by atoms with van der Waals surface area (Å²) in [6.07, 6.45) is 1.48. The van der Waals surface area contributed by atoms with Gasteiger partial charge in [-0.25, -0.2) is 4.98 Å². The van der Waals surface area contributed by atoms with Crippen molar-refractivity contribution in [2.45, 2.75) is 19.5 Å². The molecular weight excluding hydrogens is 367 g/mol. The molecule has 2 N–H and O–H groups in total. The molecule has 106 valence electrons. The van der Waals surface area contributed by atoms with Crippen LogP contribution in [-0.4, -0.2) is 23.5 Å². The molecule has 0 bridgehead atoms. The molecule has 1 aliphatic rings. The number of guanidine groups is 1. The van der Waals surface area contributed by atoms with Crippen molar-refractivity contribution in [3.8, 4) is 11.3 Å². The Hall–Kier alpha value is -1.57. The molecule has 1 aromatic heterocycles. The Morgan fingerprint density at radius 2 is 2.15 bits per heavy atom. The first-order valence-corrected chi connectivity index (χ1v) is 6.35. The first kappa shape index (κ1) is 14.8. The fourth-order valence-corrected chi connectivity index (χ4v) is 2.05. The number of oxazole rings is 1. The van der Waals surface area contributed by atoms with E-state index >= 15 is 0 Å². The Labute approximate surface area is 134 Å². The van der Waals surface area contributed by atoms with Gasteiger partial charge in [-0.2, -0.15) is 0 Å². The van der Waals surface area contributed by atoms with Gasteiger partial charge in [0.2, 0.25) is 0 Å². The number of aliphatic imine (C=N–C) groups is 1. The summed E-state index contributed by atoms with van der Waals surface area (Å²) in [5.74, 6) is 1.63. The van der Waals surface area contributed by atoms with Crippen molar-refractivity contribution in [2.75, 3.05) is 6.54 Å². The van der Waals surface area contributed by atoms with E-state index in [2.05, 4.69) is 27.5 Å². The van der Waals surface area contributed by atoms with Crippen molar-refractivity contribution in [1.29, 1.82) is 0 Å². The minimum absolute atomic E-state index is 0. The van der Waals surface area contributed by atoms with Gasteiger partial charge in [-0.3, -0.25) is 4.99 Å².